The summed E-state index contributed by atoms with van der Waals surface area (Å²) >= 11 is 1.31. The third kappa shape index (κ3) is 4.70. The number of para-hydroxylation sites is 2. The van der Waals surface area contributed by atoms with Crippen LogP contribution in [0.25, 0.3) is 16.7 Å². The van der Waals surface area contributed by atoms with Gasteiger partial charge in [-0.2, -0.15) is 0 Å². The Labute approximate surface area is 217 Å². The van der Waals surface area contributed by atoms with Crippen LogP contribution in [0.15, 0.2) is 82.7 Å². The molecule has 0 N–H and O–H groups in total. The molecule has 3 aromatic carbocycles. The predicted octanol–water partition coefficient (Wildman–Crippen LogP) is 4.86. The molecule has 0 aliphatic rings. The number of hydrogen-bond acceptors (Lipinski definition) is 7. The first-order valence-electron chi connectivity index (χ1n) is 11.9. The summed E-state index contributed by atoms with van der Waals surface area (Å²) in [5.74, 6) is 1.78. The van der Waals surface area contributed by atoms with E-state index in [0.29, 0.717) is 39.8 Å². The number of ketones is 1. The number of hydrogen-bond donors (Lipinski definition) is 0. The Balaban J connectivity index is 1.55. The van der Waals surface area contributed by atoms with Gasteiger partial charge in [0.2, 0.25) is 5.78 Å². The van der Waals surface area contributed by atoms with Gasteiger partial charge in [-0.15, -0.1) is 10.2 Å². The van der Waals surface area contributed by atoms with Crippen molar-refractivity contribution in [3.8, 4) is 11.5 Å². The van der Waals surface area contributed by atoms with Crippen molar-refractivity contribution in [2.75, 3.05) is 13.7 Å². The van der Waals surface area contributed by atoms with Crippen LogP contribution in [-0.2, 0) is 6.54 Å². The third-order valence-electron chi connectivity index (χ3n) is 6.10. The number of ether oxygens (including phenoxy) is 2. The first-order valence-corrected chi connectivity index (χ1v) is 12.8. The van der Waals surface area contributed by atoms with E-state index in [9.17, 15) is 9.59 Å². The monoisotopic (exact) mass is 514 g/mol. The van der Waals surface area contributed by atoms with Gasteiger partial charge in [-0.3, -0.25) is 18.6 Å². The Morgan fingerprint density at radius 1 is 1.00 bits per heavy atom. The molecule has 0 amide bonds. The lowest BCUT2D eigenvalue weighted by atomic mass is 10.1. The summed E-state index contributed by atoms with van der Waals surface area (Å²) in [6.45, 7) is 4.59. The van der Waals surface area contributed by atoms with Crippen LogP contribution in [0.3, 0.4) is 0 Å². The Bertz CT molecular complexity index is 1640. The van der Waals surface area contributed by atoms with E-state index in [4.69, 9.17) is 9.47 Å². The number of benzene rings is 3. The minimum atomic E-state index is -0.432. The van der Waals surface area contributed by atoms with Crippen molar-refractivity contribution in [1.82, 2.24) is 19.2 Å². The fourth-order valence-corrected chi connectivity index (χ4v) is 5.22. The molecule has 188 valence electrons. The van der Waals surface area contributed by atoms with Crippen molar-refractivity contribution in [2.24, 2.45) is 0 Å². The summed E-state index contributed by atoms with van der Waals surface area (Å²) < 4.78 is 14.4. The molecule has 0 aliphatic carbocycles. The molecule has 2 heterocycles. The molecular weight excluding hydrogens is 488 g/mol. The molecule has 0 saturated heterocycles. The van der Waals surface area contributed by atoms with E-state index in [1.807, 2.05) is 60.7 Å². The fraction of sp³-hybridized carbons (Fsp3) is 0.214. The molecule has 0 bridgehead atoms. The van der Waals surface area contributed by atoms with Gasteiger partial charge >= 0.3 is 0 Å². The number of rotatable bonds is 9. The van der Waals surface area contributed by atoms with Gasteiger partial charge in [-0.25, -0.2) is 0 Å². The van der Waals surface area contributed by atoms with Gasteiger partial charge in [0.1, 0.15) is 11.5 Å². The van der Waals surface area contributed by atoms with Gasteiger partial charge in [0.15, 0.2) is 10.9 Å². The van der Waals surface area contributed by atoms with E-state index in [-0.39, 0.29) is 17.9 Å². The summed E-state index contributed by atoms with van der Waals surface area (Å²) in [5, 5.41) is 9.42. The standard InChI is InChI=1S/C28H26N4O4S/c1-4-36-21-15-13-19(14-16-21)25(33)18(2)37-28-30-29-27-31(17-20-9-5-8-12-24(20)35-3)26(34)22-10-6-7-11-23(22)32(27)28/h5-16,18H,4,17H2,1-3H3/t18-/m1/s1. The normalized spacial score (nSPS) is 12.1. The summed E-state index contributed by atoms with van der Waals surface area (Å²) in [4.78, 5) is 26.7. The lowest BCUT2D eigenvalue weighted by molar-refractivity contribution is 0.0994. The van der Waals surface area contributed by atoms with E-state index in [1.165, 1.54) is 11.8 Å². The van der Waals surface area contributed by atoms with Crippen LogP contribution in [0.5, 0.6) is 11.5 Å². The van der Waals surface area contributed by atoms with Crippen molar-refractivity contribution in [3.05, 3.63) is 94.3 Å². The maximum absolute atomic E-state index is 13.5. The minimum Gasteiger partial charge on any atom is -0.496 e. The van der Waals surface area contributed by atoms with Crippen molar-refractivity contribution < 1.29 is 14.3 Å². The van der Waals surface area contributed by atoms with Gasteiger partial charge in [0.25, 0.3) is 5.56 Å². The molecule has 2 aromatic heterocycles. The van der Waals surface area contributed by atoms with Crippen molar-refractivity contribution in [2.45, 2.75) is 30.8 Å². The molecule has 5 rings (SSSR count). The van der Waals surface area contributed by atoms with E-state index in [1.54, 1.807) is 42.0 Å². The Morgan fingerprint density at radius 3 is 2.49 bits per heavy atom. The number of carbonyl (C=O) groups is 1. The number of methoxy groups -OCH3 is 1. The molecular formula is C28H26N4O4S. The van der Waals surface area contributed by atoms with E-state index >= 15 is 0 Å². The second-order valence-corrected chi connectivity index (χ2v) is 9.73. The average Bonchev–Trinajstić information content (AvgIpc) is 3.34. The first-order chi connectivity index (χ1) is 18.0. The van der Waals surface area contributed by atoms with Crippen LogP contribution in [0, 0.1) is 0 Å². The molecule has 8 nitrogen and oxygen atoms in total. The fourth-order valence-electron chi connectivity index (χ4n) is 4.28. The van der Waals surface area contributed by atoms with Crippen LogP contribution in [0.1, 0.15) is 29.8 Å². The van der Waals surface area contributed by atoms with Crippen molar-refractivity contribution >= 4 is 34.2 Å². The van der Waals surface area contributed by atoms with E-state index < -0.39 is 5.25 Å². The van der Waals surface area contributed by atoms with Crippen LogP contribution >= 0.6 is 11.8 Å². The number of fused-ring (bicyclic) bond motifs is 3. The summed E-state index contributed by atoms with van der Waals surface area (Å²) in [6, 6.07) is 22.1. The van der Waals surface area contributed by atoms with Crippen LogP contribution < -0.4 is 15.0 Å². The highest BCUT2D eigenvalue weighted by atomic mass is 32.2. The minimum absolute atomic E-state index is 0.0311. The van der Waals surface area contributed by atoms with E-state index in [0.717, 1.165) is 11.3 Å². The molecule has 37 heavy (non-hydrogen) atoms. The van der Waals surface area contributed by atoms with Crippen molar-refractivity contribution in [1.29, 1.82) is 0 Å². The maximum atomic E-state index is 13.5. The molecule has 0 unspecified atom stereocenters. The largest absolute Gasteiger partial charge is 0.496 e. The van der Waals surface area contributed by atoms with Gasteiger partial charge in [0.05, 0.1) is 36.4 Å². The second kappa shape index (κ2) is 10.5. The quantitative estimate of drug-likeness (QED) is 0.205. The summed E-state index contributed by atoms with van der Waals surface area (Å²) in [6.07, 6.45) is 0. The van der Waals surface area contributed by atoms with Gasteiger partial charge in [-0.05, 0) is 56.3 Å². The zero-order valence-electron chi connectivity index (χ0n) is 20.7. The molecule has 0 aliphatic heterocycles. The second-order valence-electron chi connectivity index (χ2n) is 8.42. The van der Waals surface area contributed by atoms with Crippen LogP contribution in [0.4, 0.5) is 0 Å². The first kappa shape index (κ1) is 24.6. The molecule has 5 aromatic rings. The maximum Gasteiger partial charge on any atom is 0.263 e. The van der Waals surface area contributed by atoms with Gasteiger partial charge in [0, 0.05) is 11.1 Å². The summed E-state index contributed by atoms with van der Waals surface area (Å²) in [5.41, 5.74) is 1.96. The van der Waals surface area contributed by atoms with Crippen LogP contribution in [0.2, 0.25) is 0 Å². The number of Topliss-reactive ketones (excluding diaryl/α,β-unsaturated/α-hetero) is 1. The zero-order chi connectivity index (χ0) is 25.9. The number of aromatic nitrogens is 4. The van der Waals surface area contributed by atoms with Crippen LogP contribution in [-0.4, -0.2) is 43.9 Å². The van der Waals surface area contributed by atoms with E-state index in [2.05, 4.69) is 10.2 Å². The number of carbonyl (C=O) groups excluding carboxylic acids is 1. The zero-order valence-corrected chi connectivity index (χ0v) is 21.6. The molecule has 0 fully saturated rings. The van der Waals surface area contributed by atoms with Gasteiger partial charge in [-0.1, -0.05) is 42.1 Å². The average molecular weight is 515 g/mol. The predicted molar refractivity (Wildman–Crippen MR) is 144 cm³/mol. The third-order valence-corrected chi connectivity index (χ3v) is 7.14. The number of thioether (sulfide) groups is 1. The van der Waals surface area contributed by atoms with Gasteiger partial charge < -0.3 is 9.47 Å². The lowest BCUT2D eigenvalue weighted by Crippen LogP contribution is -2.24. The van der Waals surface area contributed by atoms with Crippen molar-refractivity contribution in [3.63, 3.8) is 0 Å². The molecule has 9 heteroatoms. The molecule has 1 atom stereocenters. The Morgan fingerprint density at radius 2 is 1.73 bits per heavy atom. The highest BCUT2D eigenvalue weighted by molar-refractivity contribution is 8.00. The lowest BCUT2D eigenvalue weighted by Gasteiger charge is -2.14. The highest BCUT2D eigenvalue weighted by Gasteiger charge is 2.23. The number of nitrogens with zero attached hydrogens (tertiary/aromatic N) is 4. The Hall–Kier alpha value is -4.11. The Kier molecular flexibility index (Phi) is 6.96. The SMILES string of the molecule is CCOc1ccc(C(=O)[C@@H](C)Sc2nnc3n(Cc4ccccc4OC)c(=O)c4ccccc4n23)cc1. The molecule has 0 spiro atoms. The smallest absolute Gasteiger partial charge is 0.263 e. The molecule has 0 saturated carbocycles. The topological polar surface area (TPSA) is 87.7 Å². The summed E-state index contributed by atoms with van der Waals surface area (Å²) in [7, 11) is 1.60. The highest BCUT2D eigenvalue weighted by Crippen LogP contribution is 2.28. The molecule has 0 radical (unpaired) electrons.